The highest BCUT2D eigenvalue weighted by molar-refractivity contribution is 5.32. The predicted molar refractivity (Wildman–Crippen MR) is 80.1 cm³/mol. The van der Waals surface area contributed by atoms with E-state index in [1.54, 1.807) is 12.4 Å². The first-order valence-corrected chi connectivity index (χ1v) is 7.29. The van der Waals surface area contributed by atoms with Crippen LogP contribution in [0.3, 0.4) is 0 Å². The van der Waals surface area contributed by atoms with Gasteiger partial charge in [0.05, 0.1) is 0 Å². The molecule has 3 heteroatoms. The Hall–Kier alpha value is -1.87. The molecular formula is C17H20N2O. The lowest BCUT2D eigenvalue weighted by molar-refractivity contribution is 0.343. The van der Waals surface area contributed by atoms with Gasteiger partial charge in [0.15, 0.2) is 0 Å². The SMILES string of the molecule is c1cc(Oc2ccc(CCN3CCCC3)cc2)ccn1. The molecule has 0 saturated carbocycles. The van der Waals surface area contributed by atoms with Crippen molar-refractivity contribution in [2.24, 2.45) is 0 Å². The summed E-state index contributed by atoms with van der Waals surface area (Å²) in [5.74, 6) is 1.70. The van der Waals surface area contributed by atoms with Gasteiger partial charge in [-0.3, -0.25) is 4.98 Å². The Balaban J connectivity index is 1.54. The Bertz CT molecular complexity index is 518. The lowest BCUT2D eigenvalue weighted by Gasteiger charge is -2.14. The van der Waals surface area contributed by atoms with E-state index in [0.29, 0.717) is 0 Å². The normalized spacial score (nSPS) is 15.4. The molecule has 2 heterocycles. The minimum Gasteiger partial charge on any atom is -0.457 e. The van der Waals surface area contributed by atoms with E-state index in [2.05, 4.69) is 22.0 Å². The van der Waals surface area contributed by atoms with E-state index in [4.69, 9.17) is 4.74 Å². The molecule has 0 N–H and O–H groups in total. The van der Waals surface area contributed by atoms with E-state index >= 15 is 0 Å². The third-order valence-electron chi connectivity index (χ3n) is 3.72. The summed E-state index contributed by atoms with van der Waals surface area (Å²) >= 11 is 0. The van der Waals surface area contributed by atoms with Crippen LogP contribution in [-0.2, 0) is 6.42 Å². The van der Waals surface area contributed by atoms with Crippen LogP contribution in [0.5, 0.6) is 11.5 Å². The number of aromatic nitrogens is 1. The monoisotopic (exact) mass is 268 g/mol. The number of hydrogen-bond donors (Lipinski definition) is 0. The molecule has 0 radical (unpaired) electrons. The number of ether oxygens (including phenoxy) is 1. The van der Waals surface area contributed by atoms with Crippen LogP contribution in [0.4, 0.5) is 0 Å². The number of pyridine rings is 1. The lowest BCUT2D eigenvalue weighted by atomic mass is 10.1. The average molecular weight is 268 g/mol. The van der Waals surface area contributed by atoms with Crippen LogP contribution in [0.25, 0.3) is 0 Å². The highest BCUT2D eigenvalue weighted by atomic mass is 16.5. The first-order valence-electron chi connectivity index (χ1n) is 7.29. The van der Waals surface area contributed by atoms with Gasteiger partial charge in [-0.15, -0.1) is 0 Å². The second kappa shape index (κ2) is 6.53. The van der Waals surface area contributed by atoms with Crippen molar-refractivity contribution in [2.75, 3.05) is 19.6 Å². The summed E-state index contributed by atoms with van der Waals surface area (Å²) in [5, 5.41) is 0. The second-order valence-corrected chi connectivity index (χ2v) is 5.23. The minimum absolute atomic E-state index is 0.824. The molecule has 0 spiro atoms. The smallest absolute Gasteiger partial charge is 0.130 e. The van der Waals surface area contributed by atoms with Gasteiger partial charge in [-0.05, 0) is 62.2 Å². The van der Waals surface area contributed by atoms with Gasteiger partial charge >= 0.3 is 0 Å². The zero-order valence-corrected chi connectivity index (χ0v) is 11.7. The van der Waals surface area contributed by atoms with Crippen molar-refractivity contribution in [3.8, 4) is 11.5 Å². The third-order valence-corrected chi connectivity index (χ3v) is 3.72. The van der Waals surface area contributed by atoms with Crippen LogP contribution in [0.15, 0.2) is 48.8 Å². The molecule has 1 saturated heterocycles. The molecule has 1 aliphatic heterocycles. The molecule has 1 aliphatic rings. The third kappa shape index (κ3) is 3.58. The van der Waals surface area contributed by atoms with E-state index in [0.717, 1.165) is 17.9 Å². The van der Waals surface area contributed by atoms with Crippen molar-refractivity contribution in [2.45, 2.75) is 19.3 Å². The summed E-state index contributed by atoms with van der Waals surface area (Å²) in [5.41, 5.74) is 1.37. The highest BCUT2D eigenvalue weighted by Gasteiger charge is 2.10. The number of benzene rings is 1. The standard InChI is InChI=1S/C17H20N2O/c1-2-13-19(12-1)14-9-15-3-5-16(6-4-15)20-17-7-10-18-11-8-17/h3-8,10-11H,1-2,9,12-14H2. The molecule has 0 atom stereocenters. The fourth-order valence-corrected chi connectivity index (χ4v) is 2.56. The van der Waals surface area contributed by atoms with Gasteiger partial charge in [0.1, 0.15) is 11.5 Å². The maximum Gasteiger partial charge on any atom is 0.130 e. The zero-order chi connectivity index (χ0) is 13.6. The van der Waals surface area contributed by atoms with Crippen molar-refractivity contribution in [1.29, 1.82) is 0 Å². The molecule has 104 valence electrons. The molecule has 1 aromatic carbocycles. The van der Waals surface area contributed by atoms with Crippen molar-refractivity contribution in [3.05, 3.63) is 54.4 Å². The molecule has 0 bridgehead atoms. The molecule has 0 unspecified atom stereocenters. The Labute approximate surface area is 120 Å². The molecule has 20 heavy (non-hydrogen) atoms. The van der Waals surface area contributed by atoms with Crippen LogP contribution in [0, 0.1) is 0 Å². The van der Waals surface area contributed by atoms with Gasteiger partial charge in [-0.1, -0.05) is 12.1 Å². The van der Waals surface area contributed by atoms with Crippen LogP contribution < -0.4 is 4.74 Å². The summed E-state index contributed by atoms with van der Waals surface area (Å²) in [4.78, 5) is 6.52. The largest absolute Gasteiger partial charge is 0.457 e. The second-order valence-electron chi connectivity index (χ2n) is 5.23. The number of rotatable bonds is 5. The van der Waals surface area contributed by atoms with Crippen molar-refractivity contribution >= 4 is 0 Å². The predicted octanol–water partition coefficient (Wildman–Crippen LogP) is 3.51. The maximum atomic E-state index is 5.76. The molecule has 0 amide bonds. The highest BCUT2D eigenvalue weighted by Crippen LogP contribution is 2.21. The van der Waals surface area contributed by atoms with E-state index in [-0.39, 0.29) is 0 Å². The van der Waals surface area contributed by atoms with Crippen LogP contribution in [0.1, 0.15) is 18.4 Å². The number of likely N-dealkylation sites (tertiary alicyclic amines) is 1. The Morgan fingerprint density at radius 1 is 0.900 bits per heavy atom. The molecule has 2 aromatic rings. The Kier molecular flexibility index (Phi) is 4.28. The van der Waals surface area contributed by atoms with Crippen LogP contribution >= 0.6 is 0 Å². The van der Waals surface area contributed by atoms with E-state index in [1.807, 2.05) is 24.3 Å². The van der Waals surface area contributed by atoms with Crippen molar-refractivity contribution < 1.29 is 4.74 Å². The molecule has 3 nitrogen and oxygen atoms in total. The first kappa shape index (κ1) is 13.1. The quantitative estimate of drug-likeness (QED) is 0.829. The lowest BCUT2D eigenvalue weighted by Crippen LogP contribution is -2.21. The van der Waals surface area contributed by atoms with Gasteiger partial charge in [0, 0.05) is 18.9 Å². The molecule has 0 aliphatic carbocycles. The van der Waals surface area contributed by atoms with Gasteiger partial charge in [0.2, 0.25) is 0 Å². The molecule has 1 aromatic heterocycles. The van der Waals surface area contributed by atoms with Crippen molar-refractivity contribution in [3.63, 3.8) is 0 Å². The van der Waals surface area contributed by atoms with E-state index in [9.17, 15) is 0 Å². The summed E-state index contributed by atoms with van der Waals surface area (Å²) in [6, 6.07) is 12.1. The summed E-state index contributed by atoms with van der Waals surface area (Å²) in [6.45, 7) is 3.71. The summed E-state index contributed by atoms with van der Waals surface area (Å²) < 4.78 is 5.76. The fraction of sp³-hybridized carbons (Fsp3) is 0.353. The van der Waals surface area contributed by atoms with Crippen LogP contribution in [-0.4, -0.2) is 29.5 Å². The topological polar surface area (TPSA) is 25.4 Å². The molecular weight excluding hydrogens is 248 g/mol. The van der Waals surface area contributed by atoms with Gasteiger partial charge in [-0.2, -0.15) is 0 Å². The summed E-state index contributed by atoms with van der Waals surface area (Å²) in [7, 11) is 0. The Morgan fingerprint density at radius 3 is 2.25 bits per heavy atom. The summed E-state index contributed by atoms with van der Waals surface area (Å²) in [6.07, 6.45) is 7.31. The van der Waals surface area contributed by atoms with E-state index < -0.39 is 0 Å². The molecule has 3 rings (SSSR count). The van der Waals surface area contributed by atoms with Gasteiger partial charge < -0.3 is 9.64 Å². The number of nitrogens with zero attached hydrogens (tertiary/aromatic N) is 2. The molecule has 1 fully saturated rings. The van der Waals surface area contributed by atoms with Crippen LogP contribution in [0.2, 0.25) is 0 Å². The fourth-order valence-electron chi connectivity index (χ4n) is 2.56. The minimum atomic E-state index is 0.824. The van der Waals surface area contributed by atoms with Gasteiger partial charge in [0.25, 0.3) is 0 Å². The number of hydrogen-bond acceptors (Lipinski definition) is 3. The zero-order valence-electron chi connectivity index (χ0n) is 11.7. The van der Waals surface area contributed by atoms with Crippen molar-refractivity contribution in [1.82, 2.24) is 9.88 Å². The maximum absolute atomic E-state index is 5.76. The Morgan fingerprint density at radius 2 is 1.55 bits per heavy atom. The van der Waals surface area contributed by atoms with Gasteiger partial charge in [-0.25, -0.2) is 0 Å². The van der Waals surface area contributed by atoms with E-state index in [1.165, 1.54) is 38.0 Å². The first-order chi connectivity index (χ1) is 9.90. The average Bonchev–Trinajstić information content (AvgIpc) is 3.01.